The molecule has 1 atom stereocenters. The number of amides is 2. The molecule has 0 aliphatic carbocycles. The quantitative estimate of drug-likeness (QED) is 0.460. The molecule has 5 heteroatoms. The minimum Gasteiger partial charge on any atom is -0.313 e. The summed E-state index contributed by atoms with van der Waals surface area (Å²) in [6.45, 7) is 1.57. The second-order valence-electron chi connectivity index (χ2n) is 2.25. The van der Waals surface area contributed by atoms with Gasteiger partial charge in [0, 0.05) is 0 Å². The summed E-state index contributed by atoms with van der Waals surface area (Å²) in [6, 6.07) is -0.821. The van der Waals surface area contributed by atoms with Gasteiger partial charge in [-0.25, -0.2) is 0 Å². The zero-order chi connectivity index (χ0) is 8.43. The van der Waals surface area contributed by atoms with Gasteiger partial charge in [-0.05, 0) is 14.0 Å². The number of amidine groups is 1. The highest BCUT2D eigenvalue weighted by atomic mass is 16.2. The first-order valence-electron chi connectivity index (χ1n) is 3.22. The van der Waals surface area contributed by atoms with E-state index < -0.39 is 11.9 Å². The van der Waals surface area contributed by atoms with E-state index in [4.69, 9.17) is 0 Å². The Hall–Kier alpha value is -1.23. The number of hydrogen-bond donors (Lipinski definition) is 2. The number of nitrogens with zero attached hydrogens (tertiary/aromatic N) is 1. The second-order valence-corrected chi connectivity index (χ2v) is 2.25. The van der Waals surface area contributed by atoms with Gasteiger partial charge in [0.05, 0.1) is 0 Å². The van der Waals surface area contributed by atoms with Gasteiger partial charge in [0.1, 0.15) is 5.84 Å². The molecule has 1 unspecified atom stereocenters. The predicted molar refractivity (Wildman–Crippen MR) is 39.1 cm³/mol. The van der Waals surface area contributed by atoms with Crippen LogP contribution >= 0.6 is 0 Å². The normalized spacial score (nSPS) is 24.5. The fourth-order valence-electron chi connectivity index (χ4n) is 0.875. The number of hydrogen-bond acceptors (Lipinski definition) is 3. The van der Waals surface area contributed by atoms with Crippen LogP contribution in [0, 0.1) is 0 Å². The van der Waals surface area contributed by atoms with E-state index in [0.29, 0.717) is 5.84 Å². The number of carbonyl (C=O) groups is 2. The van der Waals surface area contributed by atoms with Crippen LogP contribution in [-0.2, 0) is 9.59 Å². The van der Waals surface area contributed by atoms with Gasteiger partial charge in [-0.3, -0.25) is 9.59 Å². The minimum atomic E-state index is -0.821. The standard InChI is InChI=1S/C6H9N3O2/c1-3-8-5(10)4(7-2)6(11)9-3/h4,7H,1-2H3,(H,8,9,10,11). The SMILES string of the molecule is CNC1C(=O)N=C(C)NC1=O. The third-order valence-electron chi connectivity index (χ3n) is 1.38. The smallest absolute Gasteiger partial charge is 0.274 e. The third-order valence-corrected chi connectivity index (χ3v) is 1.38. The van der Waals surface area contributed by atoms with Gasteiger partial charge in [0.15, 0.2) is 6.04 Å². The van der Waals surface area contributed by atoms with E-state index in [-0.39, 0.29) is 5.91 Å². The van der Waals surface area contributed by atoms with E-state index >= 15 is 0 Å². The van der Waals surface area contributed by atoms with Gasteiger partial charge in [-0.1, -0.05) is 0 Å². The summed E-state index contributed by atoms with van der Waals surface area (Å²) < 4.78 is 0. The molecule has 0 aromatic carbocycles. The van der Waals surface area contributed by atoms with Crippen LogP contribution in [0.4, 0.5) is 0 Å². The molecule has 0 saturated heterocycles. The van der Waals surface area contributed by atoms with E-state index in [1.54, 1.807) is 14.0 Å². The van der Waals surface area contributed by atoms with Crippen LogP contribution in [0.15, 0.2) is 4.99 Å². The first kappa shape index (κ1) is 7.87. The first-order valence-corrected chi connectivity index (χ1v) is 3.22. The van der Waals surface area contributed by atoms with Gasteiger partial charge in [0.2, 0.25) is 0 Å². The van der Waals surface area contributed by atoms with E-state index in [9.17, 15) is 9.59 Å². The van der Waals surface area contributed by atoms with E-state index in [0.717, 1.165) is 0 Å². The maximum Gasteiger partial charge on any atom is 0.274 e. The topological polar surface area (TPSA) is 70.6 Å². The Labute approximate surface area is 63.9 Å². The second kappa shape index (κ2) is 2.79. The maximum atomic E-state index is 11.0. The van der Waals surface area contributed by atoms with Crippen LogP contribution in [0.3, 0.4) is 0 Å². The number of aliphatic imine (C=N–C) groups is 1. The summed E-state index contributed by atoms with van der Waals surface area (Å²) in [5, 5.41) is 4.99. The van der Waals surface area contributed by atoms with Crippen LogP contribution in [0.2, 0.25) is 0 Å². The van der Waals surface area contributed by atoms with Crippen LogP contribution in [0.25, 0.3) is 0 Å². The summed E-state index contributed by atoms with van der Waals surface area (Å²) >= 11 is 0. The lowest BCUT2D eigenvalue weighted by molar-refractivity contribution is -0.130. The van der Waals surface area contributed by atoms with Crippen molar-refractivity contribution in [3.05, 3.63) is 0 Å². The van der Waals surface area contributed by atoms with Gasteiger partial charge < -0.3 is 10.6 Å². The molecule has 5 nitrogen and oxygen atoms in total. The van der Waals surface area contributed by atoms with E-state index in [1.807, 2.05) is 0 Å². The molecular weight excluding hydrogens is 146 g/mol. The van der Waals surface area contributed by atoms with E-state index in [1.165, 1.54) is 0 Å². The Bertz CT molecular complexity index is 234. The summed E-state index contributed by atoms with van der Waals surface area (Å²) in [4.78, 5) is 25.5. The molecule has 60 valence electrons. The van der Waals surface area contributed by atoms with Crippen LogP contribution < -0.4 is 10.6 Å². The highest BCUT2D eigenvalue weighted by Crippen LogP contribution is 1.94. The lowest BCUT2D eigenvalue weighted by Gasteiger charge is -2.16. The Kier molecular flexibility index (Phi) is 2.00. The average molecular weight is 155 g/mol. The highest BCUT2D eigenvalue weighted by molar-refractivity contribution is 6.17. The monoisotopic (exact) mass is 155 g/mol. The molecule has 2 N–H and O–H groups in total. The molecular formula is C6H9N3O2. The van der Waals surface area contributed by atoms with E-state index in [2.05, 4.69) is 15.6 Å². The molecule has 1 aliphatic rings. The van der Waals surface area contributed by atoms with Crippen molar-refractivity contribution in [1.29, 1.82) is 0 Å². The fourth-order valence-corrected chi connectivity index (χ4v) is 0.875. The van der Waals surface area contributed by atoms with Crippen molar-refractivity contribution in [2.24, 2.45) is 4.99 Å². The molecule has 0 saturated carbocycles. The molecule has 0 aromatic heterocycles. The summed E-state index contributed by atoms with van der Waals surface area (Å²) in [5.74, 6) is -0.426. The highest BCUT2D eigenvalue weighted by Gasteiger charge is 2.28. The Morgan fingerprint density at radius 3 is 2.64 bits per heavy atom. The molecule has 0 bridgehead atoms. The molecule has 1 rings (SSSR count). The van der Waals surface area contributed by atoms with Gasteiger partial charge in [-0.15, -0.1) is 0 Å². The largest absolute Gasteiger partial charge is 0.313 e. The lowest BCUT2D eigenvalue weighted by atomic mass is 10.2. The molecule has 1 heterocycles. The Morgan fingerprint density at radius 2 is 2.18 bits per heavy atom. The molecule has 0 aromatic rings. The van der Waals surface area contributed by atoms with Gasteiger partial charge in [-0.2, -0.15) is 4.99 Å². The van der Waals surface area contributed by atoms with Crippen molar-refractivity contribution >= 4 is 17.6 Å². The Morgan fingerprint density at radius 1 is 1.55 bits per heavy atom. The number of carbonyl (C=O) groups excluding carboxylic acids is 2. The Balaban J connectivity index is 2.86. The lowest BCUT2D eigenvalue weighted by Crippen LogP contribution is -2.52. The molecule has 0 radical (unpaired) electrons. The van der Waals surface area contributed by atoms with Crippen molar-refractivity contribution in [3.63, 3.8) is 0 Å². The number of rotatable bonds is 1. The van der Waals surface area contributed by atoms with Crippen LogP contribution in [0.5, 0.6) is 0 Å². The van der Waals surface area contributed by atoms with Crippen LogP contribution in [-0.4, -0.2) is 30.7 Å². The third kappa shape index (κ3) is 1.43. The van der Waals surface area contributed by atoms with Crippen LogP contribution in [0.1, 0.15) is 6.92 Å². The summed E-state index contributed by atoms with van der Waals surface area (Å²) in [6.07, 6.45) is 0. The molecule has 0 spiro atoms. The summed E-state index contributed by atoms with van der Waals surface area (Å²) in [7, 11) is 1.54. The fraction of sp³-hybridized carbons (Fsp3) is 0.500. The van der Waals surface area contributed by atoms with Gasteiger partial charge >= 0.3 is 0 Å². The summed E-state index contributed by atoms with van der Waals surface area (Å²) in [5.41, 5.74) is 0. The van der Waals surface area contributed by atoms with Crippen molar-refractivity contribution in [2.45, 2.75) is 13.0 Å². The van der Waals surface area contributed by atoms with Crippen molar-refractivity contribution in [2.75, 3.05) is 7.05 Å². The van der Waals surface area contributed by atoms with Crippen molar-refractivity contribution < 1.29 is 9.59 Å². The predicted octanol–water partition coefficient (Wildman–Crippen LogP) is -1.35. The number of nitrogens with one attached hydrogen (secondary N) is 2. The van der Waals surface area contributed by atoms with Crippen molar-refractivity contribution in [3.8, 4) is 0 Å². The zero-order valence-electron chi connectivity index (χ0n) is 6.34. The minimum absolute atomic E-state index is 0.343. The van der Waals surface area contributed by atoms with Crippen molar-refractivity contribution in [1.82, 2.24) is 10.6 Å². The molecule has 11 heavy (non-hydrogen) atoms. The molecule has 1 aliphatic heterocycles. The van der Waals surface area contributed by atoms with Gasteiger partial charge in [0.25, 0.3) is 11.8 Å². The first-order chi connectivity index (χ1) is 5.15. The molecule has 2 amide bonds. The molecule has 0 fully saturated rings. The zero-order valence-corrected chi connectivity index (χ0v) is 6.34. The maximum absolute atomic E-state index is 11.0. The number of likely N-dealkylation sites (N-methyl/N-ethyl adjacent to an activating group) is 1. The average Bonchev–Trinajstić information content (AvgIpc) is 1.85.